The third-order valence-electron chi connectivity index (χ3n) is 2.89. The molecular formula is C14H16BrN3. The number of hydrogen-bond donors (Lipinski definition) is 1. The zero-order valence-electron chi connectivity index (χ0n) is 10.3. The van der Waals surface area contributed by atoms with E-state index in [9.17, 15) is 0 Å². The Labute approximate surface area is 116 Å². The molecule has 1 aromatic heterocycles. The van der Waals surface area contributed by atoms with E-state index in [1.165, 1.54) is 5.56 Å². The number of rotatable bonds is 5. The van der Waals surface area contributed by atoms with Crippen molar-refractivity contribution in [3.63, 3.8) is 0 Å². The highest BCUT2D eigenvalue weighted by Crippen LogP contribution is 2.18. The van der Waals surface area contributed by atoms with Gasteiger partial charge in [-0.2, -0.15) is 0 Å². The van der Waals surface area contributed by atoms with E-state index in [0.717, 1.165) is 23.4 Å². The molecule has 1 unspecified atom stereocenters. The average Bonchev–Trinajstić information content (AvgIpc) is 2.40. The Balaban J connectivity index is 1.82. The van der Waals surface area contributed by atoms with Crippen LogP contribution < -0.4 is 5.32 Å². The van der Waals surface area contributed by atoms with Gasteiger partial charge in [-0.3, -0.25) is 0 Å². The van der Waals surface area contributed by atoms with Crippen LogP contribution >= 0.6 is 15.9 Å². The van der Waals surface area contributed by atoms with Gasteiger partial charge in [-0.25, -0.2) is 9.97 Å². The second kappa shape index (κ2) is 6.50. The zero-order chi connectivity index (χ0) is 12.8. The molecule has 94 valence electrons. The lowest BCUT2D eigenvalue weighted by Crippen LogP contribution is -2.07. The molecule has 2 aromatic rings. The summed E-state index contributed by atoms with van der Waals surface area (Å²) < 4.78 is 0.802. The maximum atomic E-state index is 4.16. The predicted molar refractivity (Wildman–Crippen MR) is 77.7 cm³/mol. The molecule has 1 aromatic carbocycles. The number of halogens is 1. The minimum Gasteiger partial charge on any atom is -0.370 e. The van der Waals surface area contributed by atoms with E-state index < -0.39 is 0 Å². The molecule has 1 N–H and O–H groups in total. The van der Waals surface area contributed by atoms with Gasteiger partial charge in [0, 0.05) is 12.6 Å². The summed E-state index contributed by atoms with van der Waals surface area (Å²) in [6.45, 7) is 3.15. The fourth-order valence-electron chi connectivity index (χ4n) is 1.80. The number of hydrogen-bond acceptors (Lipinski definition) is 3. The highest BCUT2D eigenvalue weighted by Gasteiger charge is 2.04. The van der Waals surface area contributed by atoms with Crippen molar-refractivity contribution in [3.05, 3.63) is 52.9 Å². The van der Waals surface area contributed by atoms with Crippen LogP contribution in [0.25, 0.3) is 0 Å². The molecule has 1 heterocycles. The van der Waals surface area contributed by atoms with Crippen molar-refractivity contribution in [3.8, 4) is 0 Å². The minimum absolute atomic E-state index is 0.545. The molecule has 3 nitrogen and oxygen atoms in total. The van der Waals surface area contributed by atoms with E-state index in [1.807, 2.05) is 12.1 Å². The van der Waals surface area contributed by atoms with Crippen LogP contribution in [-0.2, 0) is 0 Å². The summed E-state index contributed by atoms with van der Waals surface area (Å²) in [5.74, 6) is 1.40. The van der Waals surface area contributed by atoms with Gasteiger partial charge >= 0.3 is 0 Å². The first-order valence-electron chi connectivity index (χ1n) is 6.02. The molecule has 0 aliphatic rings. The third-order valence-corrected chi connectivity index (χ3v) is 3.32. The molecule has 4 heteroatoms. The molecule has 0 spiro atoms. The molecule has 18 heavy (non-hydrogen) atoms. The highest BCUT2D eigenvalue weighted by molar-refractivity contribution is 9.10. The van der Waals surface area contributed by atoms with Gasteiger partial charge in [-0.05, 0) is 33.8 Å². The largest absolute Gasteiger partial charge is 0.370 e. The summed E-state index contributed by atoms with van der Waals surface area (Å²) in [5, 5.41) is 3.31. The normalized spacial score (nSPS) is 12.1. The van der Waals surface area contributed by atoms with E-state index in [4.69, 9.17) is 0 Å². The Kier molecular flexibility index (Phi) is 4.70. The van der Waals surface area contributed by atoms with Gasteiger partial charge in [0.15, 0.2) is 0 Å². The lowest BCUT2D eigenvalue weighted by Gasteiger charge is -2.12. The summed E-state index contributed by atoms with van der Waals surface area (Å²) in [6, 6.07) is 12.4. The molecule has 0 aliphatic heterocycles. The van der Waals surface area contributed by atoms with Gasteiger partial charge in [-0.15, -0.1) is 0 Å². The molecule has 2 rings (SSSR count). The zero-order valence-corrected chi connectivity index (χ0v) is 11.9. The van der Waals surface area contributed by atoms with Gasteiger partial charge in [0.25, 0.3) is 0 Å². The molecule has 0 aliphatic carbocycles. The van der Waals surface area contributed by atoms with Crippen LogP contribution in [0.2, 0.25) is 0 Å². The summed E-state index contributed by atoms with van der Waals surface area (Å²) in [7, 11) is 0. The number of anilines is 1. The molecule has 0 bridgehead atoms. The maximum absolute atomic E-state index is 4.16. The highest BCUT2D eigenvalue weighted by atomic mass is 79.9. The lowest BCUT2D eigenvalue weighted by atomic mass is 9.98. The Morgan fingerprint density at radius 1 is 1.22 bits per heavy atom. The molecule has 1 atom stereocenters. The minimum atomic E-state index is 0.545. The van der Waals surface area contributed by atoms with Crippen LogP contribution in [0.15, 0.2) is 47.3 Å². The van der Waals surface area contributed by atoms with Crippen LogP contribution in [-0.4, -0.2) is 16.5 Å². The topological polar surface area (TPSA) is 37.8 Å². The van der Waals surface area contributed by atoms with Gasteiger partial charge in [-0.1, -0.05) is 37.3 Å². The van der Waals surface area contributed by atoms with Crippen molar-refractivity contribution < 1.29 is 0 Å². The van der Waals surface area contributed by atoms with Gasteiger partial charge in [0.2, 0.25) is 0 Å². The van der Waals surface area contributed by atoms with Crippen LogP contribution in [0.1, 0.15) is 24.8 Å². The second-order valence-electron chi connectivity index (χ2n) is 4.25. The predicted octanol–water partition coefficient (Wildman–Crippen LogP) is 3.84. The number of nitrogens with zero attached hydrogens (tertiary/aromatic N) is 2. The van der Waals surface area contributed by atoms with Gasteiger partial charge in [0.05, 0.1) is 0 Å². The summed E-state index contributed by atoms with van der Waals surface area (Å²) in [5.41, 5.74) is 1.38. The van der Waals surface area contributed by atoms with Crippen LogP contribution in [0, 0.1) is 0 Å². The number of benzene rings is 1. The van der Waals surface area contributed by atoms with Crippen molar-refractivity contribution in [1.82, 2.24) is 9.97 Å². The third kappa shape index (κ3) is 3.81. The molecule has 0 fully saturated rings. The first-order valence-corrected chi connectivity index (χ1v) is 6.81. The quantitative estimate of drug-likeness (QED) is 0.853. The number of aromatic nitrogens is 2. The van der Waals surface area contributed by atoms with Crippen LogP contribution in [0.4, 0.5) is 5.82 Å². The van der Waals surface area contributed by atoms with Crippen LogP contribution in [0.3, 0.4) is 0 Å². The smallest absolute Gasteiger partial charge is 0.130 e. The fraction of sp³-hybridized carbons (Fsp3) is 0.286. The Morgan fingerprint density at radius 3 is 2.72 bits per heavy atom. The standard InChI is InChI=1S/C14H16BrN3/c1-11(12-5-3-2-4-6-12)7-8-16-14-9-13(15)17-10-18-14/h2-6,9-11H,7-8H2,1H3,(H,16,17,18). The van der Waals surface area contributed by atoms with E-state index in [1.54, 1.807) is 6.33 Å². The molecule has 0 saturated carbocycles. The second-order valence-corrected chi connectivity index (χ2v) is 5.07. The Bertz CT molecular complexity index is 487. The summed E-state index contributed by atoms with van der Waals surface area (Å²) >= 11 is 3.33. The van der Waals surface area contributed by atoms with E-state index in [-0.39, 0.29) is 0 Å². The Morgan fingerprint density at radius 2 is 2.00 bits per heavy atom. The molecule has 0 amide bonds. The lowest BCUT2D eigenvalue weighted by molar-refractivity contribution is 0.704. The maximum Gasteiger partial charge on any atom is 0.130 e. The fourth-order valence-corrected chi connectivity index (χ4v) is 2.10. The van der Waals surface area contributed by atoms with Crippen molar-refractivity contribution >= 4 is 21.7 Å². The van der Waals surface area contributed by atoms with Crippen molar-refractivity contribution in [2.45, 2.75) is 19.3 Å². The Hall–Kier alpha value is -1.42. The van der Waals surface area contributed by atoms with E-state index in [0.29, 0.717) is 5.92 Å². The van der Waals surface area contributed by atoms with Crippen molar-refractivity contribution in [1.29, 1.82) is 0 Å². The van der Waals surface area contributed by atoms with Crippen molar-refractivity contribution in [2.24, 2.45) is 0 Å². The van der Waals surface area contributed by atoms with Crippen molar-refractivity contribution in [2.75, 3.05) is 11.9 Å². The average molecular weight is 306 g/mol. The van der Waals surface area contributed by atoms with E-state index in [2.05, 4.69) is 62.4 Å². The molecule has 0 saturated heterocycles. The van der Waals surface area contributed by atoms with Gasteiger partial charge in [0.1, 0.15) is 16.7 Å². The SMILES string of the molecule is CC(CCNc1cc(Br)ncn1)c1ccccc1. The van der Waals surface area contributed by atoms with E-state index >= 15 is 0 Å². The molecule has 0 radical (unpaired) electrons. The molecular weight excluding hydrogens is 290 g/mol. The summed E-state index contributed by atoms with van der Waals surface area (Å²) in [6.07, 6.45) is 2.62. The first-order chi connectivity index (χ1) is 8.75. The summed E-state index contributed by atoms with van der Waals surface area (Å²) in [4.78, 5) is 8.15. The monoisotopic (exact) mass is 305 g/mol. The van der Waals surface area contributed by atoms with Gasteiger partial charge < -0.3 is 5.32 Å². The number of nitrogens with one attached hydrogen (secondary N) is 1. The van der Waals surface area contributed by atoms with Crippen LogP contribution in [0.5, 0.6) is 0 Å². The first kappa shape index (κ1) is 13.0.